The van der Waals surface area contributed by atoms with Crippen LogP contribution >= 0.6 is 12.2 Å². The number of hydrogen-bond donors (Lipinski definition) is 3. The van der Waals surface area contributed by atoms with Gasteiger partial charge in [-0.05, 0) is 66.8 Å². The van der Waals surface area contributed by atoms with Crippen LogP contribution in [0.2, 0.25) is 0 Å². The van der Waals surface area contributed by atoms with Crippen molar-refractivity contribution in [2.45, 2.75) is 0 Å². The lowest BCUT2D eigenvalue weighted by atomic mass is 10.1. The Morgan fingerprint density at radius 2 is 1.48 bits per heavy atom. The standard InChI is InChI=1S/C22H21N3O3S/c1-27-18-11-9-17(10-12-18)24-22(29)25-19-14-15(8-13-20(19)28-2)21(26)23-16-6-4-3-5-7-16/h3-14H,1-2H3,(H,23,26)(H2,24,25,29). The van der Waals surface area contributed by atoms with Crippen molar-refractivity contribution in [1.82, 2.24) is 0 Å². The lowest BCUT2D eigenvalue weighted by Gasteiger charge is -2.15. The Kier molecular flexibility index (Phi) is 6.65. The Hall–Kier alpha value is -3.58. The van der Waals surface area contributed by atoms with Crippen LogP contribution in [0.3, 0.4) is 0 Å². The molecule has 3 aromatic rings. The summed E-state index contributed by atoms with van der Waals surface area (Å²) in [5.74, 6) is 1.10. The van der Waals surface area contributed by atoms with E-state index in [2.05, 4.69) is 16.0 Å². The first-order valence-corrected chi connectivity index (χ1v) is 9.26. The van der Waals surface area contributed by atoms with E-state index in [4.69, 9.17) is 21.7 Å². The molecule has 7 heteroatoms. The predicted octanol–water partition coefficient (Wildman–Crippen LogP) is 4.77. The summed E-state index contributed by atoms with van der Waals surface area (Å²) in [5.41, 5.74) is 2.59. The summed E-state index contributed by atoms with van der Waals surface area (Å²) in [6.45, 7) is 0. The minimum absolute atomic E-state index is 0.226. The van der Waals surface area contributed by atoms with E-state index in [9.17, 15) is 4.79 Å². The zero-order chi connectivity index (χ0) is 20.6. The maximum absolute atomic E-state index is 12.6. The van der Waals surface area contributed by atoms with Gasteiger partial charge in [0.1, 0.15) is 11.5 Å². The minimum Gasteiger partial charge on any atom is -0.497 e. The van der Waals surface area contributed by atoms with Gasteiger partial charge < -0.3 is 25.4 Å². The van der Waals surface area contributed by atoms with Crippen molar-refractivity contribution >= 4 is 40.3 Å². The first kappa shape index (κ1) is 20.2. The van der Waals surface area contributed by atoms with Crippen molar-refractivity contribution < 1.29 is 14.3 Å². The number of ether oxygens (including phenoxy) is 2. The molecule has 0 fully saturated rings. The van der Waals surface area contributed by atoms with Gasteiger partial charge in [0.15, 0.2) is 5.11 Å². The number of nitrogens with one attached hydrogen (secondary N) is 3. The van der Waals surface area contributed by atoms with Crippen LogP contribution in [0.15, 0.2) is 72.8 Å². The summed E-state index contributed by atoms with van der Waals surface area (Å²) in [6, 6.07) is 21.8. The number of rotatable bonds is 6. The molecule has 0 aromatic heterocycles. The second-order valence-corrected chi connectivity index (χ2v) is 6.45. The fraction of sp³-hybridized carbons (Fsp3) is 0.0909. The summed E-state index contributed by atoms with van der Waals surface area (Å²) in [4.78, 5) is 12.6. The Labute approximate surface area is 174 Å². The number of benzene rings is 3. The van der Waals surface area contributed by atoms with Gasteiger partial charge in [0.2, 0.25) is 0 Å². The Morgan fingerprint density at radius 3 is 2.14 bits per heavy atom. The highest BCUT2D eigenvalue weighted by molar-refractivity contribution is 7.80. The van der Waals surface area contributed by atoms with Gasteiger partial charge in [0.05, 0.1) is 19.9 Å². The maximum atomic E-state index is 12.6. The van der Waals surface area contributed by atoms with Gasteiger partial charge in [-0.25, -0.2) is 0 Å². The summed E-state index contributed by atoms with van der Waals surface area (Å²) in [6.07, 6.45) is 0. The van der Waals surface area contributed by atoms with Crippen LogP contribution < -0.4 is 25.4 Å². The van der Waals surface area contributed by atoms with E-state index in [1.54, 1.807) is 32.4 Å². The molecule has 0 atom stereocenters. The van der Waals surface area contributed by atoms with Gasteiger partial charge in [0.25, 0.3) is 5.91 Å². The molecule has 29 heavy (non-hydrogen) atoms. The third kappa shape index (κ3) is 5.46. The van der Waals surface area contributed by atoms with E-state index < -0.39 is 0 Å². The SMILES string of the molecule is COc1ccc(NC(=S)Nc2cc(C(=O)Nc3ccccc3)ccc2OC)cc1. The molecule has 0 spiro atoms. The number of thiocarbonyl (C=S) groups is 1. The van der Waals surface area contributed by atoms with Crippen molar-refractivity contribution in [2.24, 2.45) is 0 Å². The molecule has 0 saturated heterocycles. The Morgan fingerprint density at radius 1 is 0.793 bits per heavy atom. The van der Waals surface area contributed by atoms with Gasteiger partial charge >= 0.3 is 0 Å². The average molecular weight is 407 g/mol. The van der Waals surface area contributed by atoms with E-state index in [-0.39, 0.29) is 5.91 Å². The van der Waals surface area contributed by atoms with E-state index in [0.717, 1.165) is 17.1 Å². The smallest absolute Gasteiger partial charge is 0.255 e. The number of anilines is 3. The minimum atomic E-state index is -0.226. The zero-order valence-corrected chi connectivity index (χ0v) is 16.9. The number of amides is 1. The van der Waals surface area contributed by atoms with Crippen LogP contribution in [0.25, 0.3) is 0 Å². The molecule has 0 aliphatic rings. The van der Waals surface area contributed by atoms with Gasteiger partial charge in [-0.3, -0.25) is 4.79 Å². The van der Waals surface area contributed by atoms with Gasteiger partial charge in [-0.2, -0.15) is 0 Å². The zero-order valence-electron chi connectivity index (χ0n) is 16.1. The van der Waals surface area contributed by atoms with E-state index in [1.165, 1.54) is 0 Å². The quantitative estimate of drug-likeness (QED) is 0.512. The second-order valence-electron chi connectivity index (χ2n) is 6.04. The number of carbonyl (C=O) groups is 1. The number of methoxy groups -OCH3 is 2. The molecule has 1 amide bonds. The third-order valence-corrected chi connectivity index (χ3v) is 4.29. The van der Waals surface area contributed by atoms with Crippen LogP contribution in [0.5, 0.6) is 11.5 Å². The fourth-order valence-electron chi connectivity index (χ4n) is 2.63. The van der Waals surface area contributed by atoms with Crippen molar-refractivity contribution in [2.75, 3.05) is 30.2 Å². The normalized spacial score (nSPS) is 10.0. The monoisotopic (exact) mass is 407 g/mol. The summed E-state index contributed by atoms with van der Waals surface area (Å²) in [5, 5.41) is 9.40. The van der Waals surface area contributed by atoms with Crippen molar-refractivity contribution in [3.8, 4) is 11.5 Å². The highest BCUT2D eigenvalue weighted by atomic mass is 32.1. The van der Waals surface area contributed by atoms with Crippen LogP contribution in [-0.2, 0) is 0 Å². The van der Waals surface area contributed by atoms with E-state index in [0.29, 0.717) is 22.1 Å². The van der Waals surface area contributed by atoms with Crippen LogP contribution in [0.4, 0.5) is 17.1 Å². The lowest BCUT2D eigenvalue weighted by Crippen LogP contribution is -2.20. The molecule has 3 aromatic carbocycles. The Balaban J connectivity index is 1.72. The van der Waals surface area contributed by atoms with E-state index in [1.807, 2.05) is 54.6 Å². The molecule has 0 saturated carbocycles. The first-order valence-electron chi connectivity index (χ1n) is 8.85. The molecule has 0 aliphatic carbocycles. The largest absolute Gasteiger partial charge is 0.497 e. The van der Waals surface area contributed by atoms with Gasteiger partial charge in [-0.1, -0.05) is 18.2 Å². The van der Waals surface area contributed by atoms with Gasteiger partial charge in [-0.15, -0.1) is 0 Å². The van der Waals surface area contributed by atoms with Crippen LogP contribution in [0.1, 0.15) is 10.4 Å². The van der Waals surface area contributed by atoms with E-state index >= 15 is 0 Å². The highest BCUT2D eigenvalue weighted by Crippen LogP contribution is 2.26. The lowest BCUT2D eigenvalue weighted by molar-refractivity contribution is 0.102. The topological polar surface area (TPSA) is 71.6 Å². The molecule has 0 radical (unpaired) electrons. The van der Waals surface area contributed by atoms with Crippen molar-refractivity contribution in [1.29, 1.82) is 0 Å². The Bertz CT molecular complexity index is 992. The second kappa shape index (κ2) is 9.57. The molecular weight excluding hydrogens is 386 g/mol. The molecular formula is C22H21N3O3S. The predicted molar refractivity (Wildman–Crippen MR) is 120 cm³/mol. The maximum Gasteiger partial charge on any atom is 0.255 e. The van der Waals surface area contributed by atoms with Crippen molar-refractivity contribution in [3.63, 3.8) is 0 Å². The highest BCUT2D eigenvalue weighted by Gasteiger charge is 2.12. The average Bonchev–Trinajstić information content (AvgIpc) is 2.75. The van der Waals surface area contributed by atoms with Crippen LogP contribution in [-0.4, -0.2) is 25.2 Å². The number of para-hydroxylation sites is 1. The molecule has 6 nitrogen and oxygen atoms in total. The van der Waals surface area contributed by atoms with Gasteiger partial charge in [0, 0.05) is 16.9 Å². The van der Waals surface area contributed by atoms with Crippen molar-refractivity contribution in [3.05, 3.63) is 78.4 Å². The van der Waals surface area contributed by atoms with Crippen LogP contribution in [0, 0.1) is 0 Å². The molecule has 3 N–H and O–H groups in total. The summed E-state index contributed by atoms with van der Waals surface area (Å²) >= 11 is 5.39. The number of carbonyl (C=O) groups excluding carboxylic acids is 1. The first-order chi connectivity index (χ1) is 14.1. The third-order valence-electron chi connectivity index (χ3n) is 4.09. The molecule has 148 valence electrons. The molecule has 3 rings (SSSR count). The molecule has 0 heterocycles. The molecule has 0 unspecified atom stereocenters. The molecule has 0 bridgehead atoms. The summed E-state index contributed by atoms with van der Waals surface area (Å²) in [7, 11) is 3.17. The number of hydrogen-bond acceptors (Lipinski definition) is 4. The summed E-state index contributed by atoms with van der Waals surface area (Å²) < 4.78 is 10.5. The molecule has 0 aliphatic heterocycles. The fourth-order valence-corrected chi connectivity index (χ4v) is 2.86.